The molecule has 0 radical (unpaired) electrons. The van der Waals surface area contributed by atoms with Crippen molar-refractivity contribution in [3.63, 3.8) is 0 Å². The molecule has 0 atom stereocenters. The van der Waals surface area contributed by atoms with Gasteiger partial charge >= 0.3 is 0 Å². The van der Waals surface area contributed by atoms with Crippen molar-refractivity contribution in [3.05, 3.63) is 56.2 Å². The number of ether oxygens (including phenoxy) is 1. The molecule has 1 heterocycles. The Morgan fingerprint density at radius 1 is 1.24 bits per heavy atom. The van der Waals surface area contributed by atoms with E-state index in [2.05, 4.69) is 25.9 Å². The number of rotatable bonds is 3. The third-order valence-corrected chi connectivity index (χ3v) is 3.89. The van der Waals surface area contributed by atoms with Crippen LogP contribution in [0.15, 0.2) is 33.5 Å². The van der Waals surface area contributed by atoms with E-state index in [0.29, 0.717) is 16.7 Å². The molecule has 0 unspecified atom stereocenters. The number of nitrogens with zero attached hydrogens (tertiary/aromatic N) is 1. The summed E-state index contributed by atoms with van der Waals surface area (Å²) >= 11 is 3.33. The second kappa shape index (κ2) is 6.02. The van der Waals surface area contributed by atoms with Crippen LogP contribution < -0.4 is 10.3 Å². The zero-order valence-electron chi connectivity index (χ0n) is 12.7. The zero-order valence-corrected chi connectivity index (χ0v) is 14.2. The summed E-state index contributed by atoms with van der Waals surface area (Å²) < 4.78 is 5.65. The van der Waals surface area contributed by atoms with Crippen LogP contribution in [-0.4, -0.2) is 17.1 Å². The summed E-state index contributed by atoms with van der Waals surface area (Å²) in [5, 5.41) is 0. The lowest BCUT2D eigenvalue weighted by Gasteiger charge is -2.19. The first-order valence-corrected chi connectivity index (χ1v) is 7.52. The van der Waals surface area contributed by atoms with Gasteiger partial charge in [-0.25, -0.2) is 4.98 Å². The number of nitrogens with one attached hydrogen (secondary N) is 1. The normalized spacial score (nSPS) is 11.5. The molecule has 1 aromatic carbocycles. The van der Waals surface area contributed by atoms with Crippen LogP contribution in [0.1, 0.15) is 37.9 Å². The van der Waals surface area contributed by atoms with Crippen molar-refractivity contribution in [1.82, 2.24) is 9.97 Å². The van der Waals surface area contributed by atoms with E-state index >= 15 is 0 Å². The second-order valence-electron chi connectivity index (χ2n) is 5.95. The molecular formula is C16H19BrN2O2. The summed E-state index contributed by atoms with van der Waals surface area (Å²) in [6.45, 7) is 6.12. The predicted molar refractivity (Wildman–Crippen MR) is 87.1 cm³/mol. The van der Waals surface area contributed by atoms with Crippen molar-refractivity contribution < 1.29 is 4.74 Å². The summed E-state index contributed by atoms with van der Waals surface area (Å²) in [7, 11) is 1.64. The molecule has 0 aliphatic heterocycles. The Hall–Kier alpha value is -1.62. The van der Waals surface area contributed by atoms with E-state index in [1.54, 1.807) is 7.11 Å². The molecule has 0 saturated heterocycles. The lowest BCUT2D eigenvalue weighted by atomic mass is 9.92. The molecule has 0 amide bonds. The van der Waals surface area contributed by atoms with Gasteiger partial charge in [0.1, 0.15) is 16.0 Å². The number of hydrogen-bond acceptors (Lipinski definition) is 3. The number of halogens is 1. The van der Waals surface area contributed by atoms with Crippen LogP contribution in [0, 0.1) is 0 Å². The van der Waals surface area contributed by atoms with Crippen molar-refractivity contribution in [2.45, 2.75) is 32.6 Å². The van der Waals surface area contributed by atoms with Gasteiger partial charge in [0.25, 0.3) is 5.56 Å². The maximum atomic E-state index is 12.0. The molecule has 2 aromatic rings. The highest BCUT2D eigenvalue weighted by molar-refractivity contribution is 9.10. The van der Waals surface area contributed by atoms with Crippen LogP contribution in [0.5, 0.6) is 5.75 Å². The van der Waals surface area contributed by atoms with Crippen molar-refractivity contribution in [2.75, 3.05) is 7.11 Å². The molecule has 0 fully saturated rings. The summed E-state index contributed by atoms with van der Waals surface area (Å²) in [6.07, 6.45) is 0.579. The Balaban J connectivity index is 2.36. The zero-order chi connectivity index (χ0) is 15.6. The van der Waals surface area contributed by atoms with Gasteiger partial charge in [-0.05, 0) is 33.6 Å². The Morgan fingerprint density at radius 3 is 2.38 bits per heavy atom. The molecular weight excluding hydrogens is 332 g/mol. The quantitative estimate of drug-likeness (QED) is 0.922. The van der Waals surface area contributed by atoms with Gasteiger partial charge in [0.05, 0.1) is 12.8 Å². The van der Waals surface area contributed by atoms with E-state index in [1.165, 1.54) is 0 Å². The van der Waals surface area contributed by atoms with Gasteiger partial charge in [0.15, 0.2) is 0 Å². The number of methoxy groups -OCH3 is 1. The predicted octanol–water partition coefficient (Wildman–Crippen LogP) is 3.43. The first kappa shape index (κ1) is 15.8. The van der Waals surface area contributed by atoms with Crippen LogP contribution in [0.4, 0.5) is 0 Å². The van der Waals surface area contributed by atoms with Crippen molar-refractivity contribution in [1.29, 1.82) is 0 Å². The standard InChI is InChI=1S/C16H19BrN2O2/c1-16(2,3)14-13(17)15(20)19-12(18-14)9-10-5-7-11(21-4)8-6-10/h5-8H,9H2,1-4H3,(H,18,19,20). The third kappa shape index (κ3) is 3.73. The number of H-pyrrole nitrogens is 1. The van der Waals surface area contributed by atoms with Gasteiger partial charge in [0.2, 0.25) is 0 Å². The number of benzene rings is 1. The van der Waals surface area contributed by atoms with Crippen molar-refractivity contribution >= 4 is 15.9 Å². The summed E-state index contributed by atoms with van der Waals surface area (Å²) in [4.78, 5) is 19.5. The van der Waals surface area contributed by atoms with Gasteiger partial charge < -0.3 is 9.72 Å². The Morgan fingerprint density at radius 2 is 1.86 bits per heavy atom. The van der Waals surface area contributed by atoms with Crippen LogP contribution in [0.25, 0.3) is 0 Å². The first-order chi connectivity index (χ1) is 9.81. The molecule has 1 N–H and O–H groups in total. The minimum Gasteiger partial charge on any atom is -0.497 e. The third-order valence-electron chi connectivity index (χ3n) is 3.15. The number of aromatic amines is 1. The van der Waals surface area contributed by atoms with Gasteiger partial charge in [-0.15, -0.1) is 0 Å². The second-order valence-corrected chi connectivity index (χ2v) is 6.74. The van der Waals surface area contributed by atoms with Crippen molar-refractivity contribution in [2.24, 2.45) is 0 Å². The Labute approximate surface area is 132 Å². The van der Waals surface area contributed by atoms with Crippen LogP contribution in [0.3, 0.4) is 0 Å². The van der Waals surface area contributed by atoms with Gasteiger partial charge in [0, 0.05) is 11.8 Å². The summed E-state index contributed by atoms with van der Waals surface area (Å²) in [5.74, 6) is 1.48. The largest absolute Gasteiger partial charge is 0.497 e. The average molecular weight is 351 g/mol. The molecule has 0 aliphatic carbocycles. The van der Waals surface area contributed by atoms with Crippen LogP contribution in [0.2, 0.25) is 0 Å². The molecule has 112 valence electrons. The molecule has 21 heavy (non-hydrogen) atoms. The highest BCUT2D eigenvalue weighted by atomic mass is 79.9. The van der Waals surface area contributed by atoms with E-state index in [0.717, 1.165) is 17.0 Å². The molecule has 0 saturated carbocycles. The molecule has 0 aliphatic rings. The Bertz CT molecular complexity index is 685. The maximum Gasteiger partial charge on any atom is 0.265 e. The van der Waals surface area contributed by atoms with E-state index < -0.39 is 0 Å². The van der Waals surface area contributed by atoms with Crippen molar-refractivity contribution in [3.8, 4) is 5.75 Å². The summed E-state index contributed by atoms with van der Waals surface area (Å²) in [6, 6.07) is 7.74. The molecule has 0 bridgehead atoms. The number of aromatic nitrogens is 2. The fourth-order valence-corrected chi connectivity index (χ4v) is 2.81. The summed E-state index contributed by atoms with van der Waals surface area (Å²) in [5.41, 5.74) is 1.51. The van der Waals surface area contributed by atoms with Gasteiger partial charge in [-0.1, -0.05) is 32.9 Å². The highest BCUT2D eigenvalue weighted by Gasteiger charge is 2.22. The van der Waals surface area contributed by atoms with Gasteiger partial charge in [-0.2, -0.15) is 0 Å². The van der Waals surface area contributed by atoms with E-state index in [1.807, 2.05) is 45.0 Å². The fraction of sp³-hybridized carbons (Fsp3) is 0.375. The van der Waals surface area contributed by atoms with E-state index in [4.69, 9.17) is 4.74 Å². The SMILES string of the molecule is COc1ccc(Cc2nc(C(C)(C)C)c(Br)c(=O)[nH]2)cc1. The molecule has 1 aromatic heterocycles. The highest BCUT2D eigenvalue weighted by Crippen LogP contribution is 2.25. The fourth-order valence-electron chi connectivity index (χ4n) is 2.02. The molecule has 2 rings (SSSR count). The Kier molecular flexibility index (Phi) is 4.52. The molecule has 5 heteroatoms. The minimum atomic E-state index is -0.193. The van der Waals surface area contributed by atoms with Crippen LogP contribution in [-0.2, 0) is 11.8 Å². The topological polar surface area (TPSA) is 55.0 Å². The lowest BCUT2D eigenvalue weighted by molar-refractivity contribution is 0.414. The smallest absolute Gasteiger partial charge is 0.265 e. The lowest BCUT2D eigenvalue weighted by Crippen LogP contribution is -2.23. The van der Waals surface area contributed by atoms with E-state index in [-0.39, 0.29) is 11.0 Å². The molecule has 4 nitrogen and oxygen atoms in total. The van der Waals surface area contributed by atoms with E-state index in [9.17, 15) is 4.79 Å². The van der Waals surface area contributed by atoms with Gasteiger partial charge in [-0.3, -0.25) is 4.79 Å². The average Bonchev–Trinajstić information content (AvgIpc) is 2.42. The maximum absolute atomic E-state index is 12.0. The van der Waals surface area contributed by atoms with Crippen LogP contribution >= 0.6 is 15.9 Å². The minimum absolute atomic E-state index is 0.140. The first-order valence-electron chi connectivity index (χ1n) is 6.73. The number of hydrogen-bond donors (Lipinski definition) is 1. The monoisotopic (exact) mass is 350 g/mol. The molecule has 0 spiro atoms.